The highest BCUT2D eigenvalue weighted by atomic mass is 32.1. The highest BCUT2D eigenvalue weighted by molar-refractivity contribution is 7.18. The van der Waals surface area contributed by atoms with E-state index in [9.17, 15) is 4.79 Å². The molecule has 1 aliphatic rings. The summed E-state index contributed by atoms with van der Waals surface area (Å²) in [6.07, 6.45) is 2.44. The third-order valence-corrected chi connectivity index (χ3v) is 6.75. The maximum Gasteiger partial charge on any atom is 0.231 e. The number of hydrogen-bond donors (Lipinski definition) is 1. The lowest BCUT2D eigenvalue weighted by Gasteiger charge is -2.29. The number of carbonyl (C=O) groups is 1. The quantitative estimate of drug-likeness (QED) is 0.603. The second kappa shape index (κ2) is 8.70. The maximum atomic E-state index is 11.4. The monoisotopic (exact) mass is 424 g/mol. The number of carbonyl (C=O) groups excluding carboxylic acids is 1. The van der Waals surface area contributed by atoms with Crippen molar-refractivity contribution in [1.29, 1.82) is 0 Å². The van der Waals surface area contributed by atoms with Crippen LogP contribution in [0.3, 0.4) is 0 Å². The van der Waals surface area contributed by atoms with E-state index in [4.69, 9.17) is 14.7 Å². The van der Waals surface area contributed by atoms with Gasteiger partial charge in [0.2, 0.25) is 11.8 Å². The molecule has 1 aliphatic heterocycles. The molecular weight excluding hydrogens is 396 g/mol. The van der Waals surface area contributed by atoms with E-state index in [1.54, 1.807) is 11.3 Å². The van der Waals surface area contributed by atoms with Crippen molar-refractivity contribution >= 4 is 33.1 Å². The van der Waals surface area contributed by atoms with Crippen molar-refractivity contribution in [2.24, 2.45) is 5.92 Å². The lowest BCUT2D eigenvalue weighted by molar-refractivity contribution is -0.114. The van der Waals surface area contributed by atoms with Crippen molar-refractivity contribution < 1.29 is 9.53 Å². The zero-order valence-corrected chi connectivity index (χ0v) is 18.8. The minimum absolute atomic E-state index is 0.112. The molecule has 3 aromatic rings. The van der Waals surface area contributed by atoms with Crippen LogP contribution in [0.4, 0.5) is 5.69 Å². The molecule has 0 saturated carbocycles. The fourth-order valence-electron chi connectivity index (χ4n) is 3.77. The molecule has 1 fully saturated rings. The summed E-state index contributed by atoms with van der Waals surface area (Å²) < 4.78 is 6.24. The Bertz CT molecular complexity index is 1070. The van der Waals surface area contributed by atoms with Gasteiger partial charge in [-0.25, -0.2) is 4.98 Å². The maximum absolute atomic E-state index is 11.4. The molecule has 1 aromatic carbocycles. The van der Waals surface area contributed by atoms with E-state index < -0.39 is 0 Å². The number of aromatic nitrogens is 2. The molecular formula is C23H28N4O2S. The molecule has 0 bridgehead atoms. The number of anilines is 1. The van der Waals surface area contributed by atoms with Gasteiger partial charge in [0.25, 0.3) is 0 Å². The molecule has 0 unspecified atom stereocenters. The van der Waals surface area contributed by atoms with Gasteiger partial charge in [-0.1, -0.05) is 13.0 Å². The fraction of sp³-hybridized carbons (Fsp3) is 0.435. The summed E-state index contributed by atoms with van der Waals surface area (Å²) >= 11 is 1.68. The summed E-state index contributed by atoms with van der Waals surface area (Å²) in [5, 5.41) is 3.77. The van der Waals surface area contributed by atoms with Crippen molar-refractivity contribution in [2.75, 3.05) is 18.4 Å². The zero-order valence-electron chi connectivity index (χ0n) is 18.0. The van der Waals surface area contributed by atoms with E-state index in [1.165, 1.54) is 24.6 Å². The highest BCUT2D eigenvalue weighted by Gasteiger charge is 2.20. The molecule has 1 saturated heterocycles. The largest absolute Gasteiger partial charge is 0.438 e. The highest BCUT2D eigenvalue weighted by Crippen LogP contribution is 2.37. The van der Waals surface area contributed by atoms with Gasteiger partial charge in [0.05, 0.1) is 11.9 Å². The number of thiophene rings is 1. The predicted octanol–water partition coefficient (Wildman–Crippen LogP) is 5.29. The normalized spacial score (nSPS) is 15.5. The molecule has 4 rings (SSSR count). The van der Waals surface area contributed by atoms with Crippen molar-refractivity contribution in [3.63, 3.8) is 0 Å². The standard InChI is InChI=1S/C23H28N4O2S/c1-14-8-10-27(11-9-14)13-20-25-22(21-15(2)16(3)30-23(21)26-20)29-19-7-5-6-18(12-19)24-17(4)28/h5-7,12,14H,8-11,13H2,1-4H3,(H,24,28). The summed E-state index contributed by atoms with van der Waals surface area (Å²) in [5.74, 6) is 2.71. The van der Waals surface area contributed by atoms with Crippen LogP contribution >= 0.6 is 11.3 Å². The van der Waals surface area contributed by atoms with E-state index in [0.29, 0.717) is 17.3 Å². The van der Waals surface area contributed by atoms with Gasteiger partial charge < -0.3 is 10.1 Å². The van der Waals surface area contributed by atoms with Crippen LogP contribution in [0.2, 0.25) is 0 Å². The lowest BCUT2D eigenvalue weighted by Crippen LogP contribution is -2.32. The molecule has 1 amide bonds. The van der Waals surface area contributed by atoms with Crippen LogP contribution in [0.5, 0.6) is 11.6 Å². The number of likely N-dealkylation sites (tertiary alicyclic amines) is 1. The van der Waals surface area contributed by atoms with Crippen LogP contribution in [0.1, 0.15) is 43.0 Å². The predicted molar refractivity (Wildman–Crippen MR) is 121 cm³/mol. The Morgan fingerprint density at radius 2 is 2.03 bits per heavy atom. The van der Waals surface area contributed by atoms with Crippen LogP contribution in [-0.4, -0.2) is 33.9 Å². The summed E-state index contributed by atoms with van der Waals surface area (Å²) in [5.41, 5.74) is 1.85. The van der Waals surface area contributed by atoms with Gasteiger partial charge in [0.15, 0.2) is 0 Å². The number of hydrogen-bond acceptors (Lipinski definition) is 6. The number of rotatable bonds is 5. The third kappa shape index (κ3) is 4.63. The lowest BCUT2D eigenvalue weighted by atomic mass is 9.99. The first-order valence-electron chi connectivity index (χ1n) is 10.4. The van der Waals surface area contributed by atoms with Crippen LogP contribution < -0.4 is 10.1 Å². The molecule has 3 heterocycles. The topological polar surface area (TPSA) is 67.3 Å². The number of nitrogens with one attached hydrogen (secondary N) is 1. The zero-order chi connectivity index (χ0) is 21.3. The number of ether oxygens (including phenoxy) is 1. The van der Waals surface area contributed by atoms with Gasteiger partial charge in [-0.15, -0.1) is 11.3 Å². The number of aryl methyl sites for hydroxylation is 2. The Kier molecular flexibility index (Phi) is 6.01. The van der Waals surface area contributed by atoms with E-state index in [1.807, 2.05) is 24.3 Å². The molecule has 2 aromatic heterocycles. The first-order valence-corrected chi connectivity index (χ1v) is 11.2. The number of amides is 1. The molecule has 0 radical (unpaired) electrons. The first kappa shape index (κ1) is 20.8. The molecule has 30 heavy (non-hydrogen) atoms. The second-order valence-electron chi connectivity index (χ2n) is 8.18. The van der Waals surface area contributed by atoms with Crippen LogP contribution in [0.15, 0.2) is 24.3 Å². The summed E-state index contributed by atoms with van der Waals surface area (Å²) in [4.78, 5) is 25.7. The van der Waals surface area contributed by atoms with Gasteiger partial charge in [-0.05, 0) is 63.4 Å². The molecule has 6 nitrogen and oxygen atoms in total. The summed E-state index contributed by atoms with van der Waals surface area (Å²) in [6, 6.07) is 7.39. The van der Waals surface area contributed by atoms with E-state index >= 15 is 0 Å². The molecule has 0 atom stereocenters. The second-order valence-corrected chi connectivity index (χ2v) is 9.38. The summed E-state index contributed by atoms with van der Waals surface area (Å²) in [7, 11) is 0. The number of piperidine rings is 1. The van der Waals surface area contributed by atoms with Gasteiger partial charge in [0.1, 0.15) is 16.4 Å². The SMILES string of the molecule is CC(=O)Nc1cccc(Oc2nc(CN3CCC(C)CC3)nc3sc(C)c(C)c23)c1. The number of fused-ring (bicyclic) bond motifs is 1. The Labute approximate surface area is 181 Å². The average molecular weight is 425 g/mol. The minimum atomic E-state index is -0.112. The van der Waals surface area contributed by atoms with Crippen molar-refractivity contribution in [3.05, 3.63) is 40.5 Å². The van der Waals surface area contributed by atoms with Gasteiger partial charge in [-0.3, -0.25) is 9.69 Å². The average Bonchev–Trinajstić information content (AvgIpc) is 2.97. The van der Waals surface area contributed by atoms with Gasteiger partial charge in [0, 0.05) is 23.6 Å². The van der Waals surface area contributed by atoms with Crippen LogP contribution in [0, 0.1) is 19.8 Å². The minimum Gasteiger partial charge on any atom is -0.438 e. The van der Waals surface area contributed by atoms with Crippen molar-refractivity contribution in [1.82, 2.24) is 14.9 Å². The molecule has 1 N–H and O–H groups in total. The van der Waals surface area contributed by atoms with E-state index in [0.717, 1.165) is 47.2 Å². The molecule has 158 valence electrons. The molecule has 0 spiro atoms. The van der Waals surface area contributed by atoms with Crippen molar-refractivity contribution in [2.45, 2.75) is 47.1 Å². The van der Waals surface area contributed by atoms with Crippen molar-refractivity contribution in [3.8, 4) is 11.6 Å². The van der Waals surface area contributed by atoms with E-state index in [-0.39, 0.29) is 5.91 Å². The number of benzene rings is 1. The Hall–Kier alpha value is -2.51. The van der Waals surface area contributed by atoms with Gasteiger partial charge >= 0.3 is 0 Å². The third-order valence-electron chi connectivity index (χ3n) is 5.65. The Morgan fingerprint density at radius 3 is 2.77 bits per heavy atom. The Balaban J connectivity index is 1.66. The Morgan fingerprint density at radius 1 is 1.27 bits per heavy atom. The van der Waals surface area contributed by atoms with E-state index in [2.05, 4.69) is 31.0 Å². The first-order chi connectivity index (χ1) is 14.4. The summed E-state index contributed by atoms with van der Waals surface area (Å²) in [6.45, 7) is 10.9. The number of nitrogens with zero attached hydrogens (tertiary/aromatic N) is 3. The molecule has 0 aliphatic carbocycles. The van der Waals surface area contributed by atoms with Crippen LogP contribution in [0.25, 0.3) is 10.2 Å². The fourth-order valence-corrected chi connectivity index (χ4v) is 4.81. The van der Waals surface area contributed by atoms with Crippen LogP contribution in [-0.2, 0) is 11.3 Å². The van der Waals surface area contributed by atoms with Gasteiger partial charge in [-0.2, -0.15) is 4.98 Å². The smallest absolute Gasteiger partial charge is 0.231 e. The molecule has 7 heteroatoms.